The molecule has 2 amide bonds. The number of hydrogen-bond donors (Lipinski definition) is 2. The third kappa shape index (κ3) is 5.38. The molecule has 2 N–H and O–H groups in total. The lowest BCUT2D eigenvalue weighted by atomic mass is 10.3. The first-order valence-electron chi connectivity index (χ1n) is 6.10. The predicted octanol–water partition coefficient (Wildman–Crippen LogP) is 2.12. The van der Waals surface area contributed by atoms with E-state index < -0.39 is 6.10 Å². The molecule has 0 saturated heterocycles. The molecular formula is C13H16BrClN2O3. The number of likely N-dealkylation sites (N-methyl/N-ethyl adjacent to an activating group) is 1. The average Bonchev–Trinajstić information content (AvgIpc) is 2.39. The summed E-state index contributed by atoms with van der Waals surface area (Å²) < 4.78 is 6.17. The van der Waals surface area contributed by atoms with Crippen LogP contribution in [0.1, 0.15) is 13.8 Å². The second kappa shape index (κ2) is 8.11. The summed E-state index contributed by atoms with van der Waals surface area (Å²) in [6, 6.07) is 5.01. The Morgan fingerprint density at radius 2 is 2.10 bits per heavy atom. The van der Waals surface area contributed by atoms with Crippen LogP contribution < -0.4 is 15.4 Å². The van der Waals surface area contributed by atoms with Gasteiger partial charge >= 0.3 is 0 Å². The van der Waals surface area contributed by atoms with Gasteiger partial charge in [0.1, 0.15) is 5.75 Å². The summed E-state index contributed by atoms with van der Waals surface area (Å²) in [6.07, 6.45) is -0.720. The van der Waals surface area contributed by atoms with Crippen LogP contribution in [0.2, 0.25) is 5.02 Å². The quantitative estimate of drug-likeness (QED) is 0.813. The van der Waals surface area contributed by atoms with Crippen LogP contribution in [0.25, 0.3) is 0 Å². The van der Waals surface area contributed by atoms with Gasteiger partial charge in [0.2, 0.25) is 5.91 Å². The molecular weight excluding hydrogens is 348 g/mol. The summed E-state index contributed by atoms with van der Waals surface area (Å²) in [5.41, 5.74) is 0. The van der Waals surface area contributed by atoms with Crippen LogP contribution in [-0.2, 0) is 9.59 Å². The molecule has 0 saturated carbocycles. The van der Waals surface area contributed by atoms with Crippen molar-refractivity contribution in [3.05, 3.63) is 27.7 Å². The molecule has 0 aliphatic heterocycles. The number of hydrogen-bond acceptors (Lipinski definition) is 3. The molecule has 7 heteroatoms. The van der Waals surface area contributed by atoms with Crippen molar-refractivity contribution in [1.29, 1.82) is 0 Å². The van der Waals surface area contributed by atoms with Crippen LogP contribution in [0.3, 0.4) is 0 Å². The van der Waals surface area contributed by atoms with Crippen LogP contribution in [0.4, 0.5) is 0 Å². The van der Waals surface area contributed by atoms with Crippen LogP contribution in [0.5, 0.6) is 5.75 Å². The van der Waals surface area contributed by atoms with Gasteiger partial charge in [0.25, 0.3) is 5.91 Å². The summed E-state index contributed by atoms with van der Waals surface area (Å²) in [6.45, 7) is 3.87. The summed E-state index contributed by atoms with van der Waals surface area (Å²) in [4.78, 5) is 23.0. The van der Waals surface area contributed by atoms with E-state index in [1.54, 1.807) is 25.1 Å². The van der Waals surface area contributed by atoms with Gasteiger partial charge in [0.15, 0.2) is 6.10 Å². The van der Waals surface area contributed by atoms with Crippen LogP contribution in [0.15, 0.2) is 22.7 Å². The van der Waals surface area contributed by atoms with E-state index >= 15 is 0 Å². The zero-order valence-corrected chi connectivity index (χ0v) is 13.5. The first-order chi connectivity index (χ1) is 9.43. The van der Waals surface area contributed by atoms with Crippen molar-refractivity contribution < 1.29 is 14.3 Å². The van der Waals surface area contributed by atoms with Gasteiger partial charge in [-0.25, -0.2) is 0 Å². The largest absolute Gasteiger partial charge is 0.480 e. The highest BCUT2D eigenvalue weighted by Gasteiger charge is 2.16. The summed E-state index contributed by atoms with van der Waals surface area (Å²) in [5.74, 6) is -0.0890. The first-order valence-corrected chi connectivity index (χ1v) is 7.27. The third-order valence-electron chi connectivity index (χ3n) is 2.36. The minimum Gasteiger partial charge on any atom is -0.480 e. The van der Waals surface area contributed by atoms with Gasteiger partial charge in [-0.3, -0.25) is 9.59 Å². The van der Waals surface area contributed by atoms with E-state index in [-0.39, 0.29) is 18.4 Å². The summed E-state index contributed by atoms with van der Waals surface area (Å²) in [5, 5.41) is 5.66. The molecule has 1 unspecified atom stereocenters. The molecule has 1 aromatic rings. The Labute approximate surface area is 131 Å². The molecule has 110 valence electrons. The van der Waals surface area contributed by atoms with E-state index in [2.05, 4.69) is 26.6 Å². The van der Waals surface area contributed by atoms with Gasteiger partial charge in [-0.2, -0.15) is 0 Å². The lowest BCUT2D eigenvalue weighted by molar-refractivity contribution is -0.130. The van der Waals surface area contributed by atoms with E-state index in [9.17, 15) is 9.59 Å². The van der Waals surface area contributed by atoms with Gasteiger partial charge < -0.3 is 15.4 Å². The van der Waals surface area contributed by atoms with Crippen LogP contribution in [-0.4, -0.2) is 31.0 Å². The fourth-order valence-corrected chi connectivity index (χ4v) is 2.16. The van der Waals surface area contributed by atoms with Crippen molar-refractivity contribution in [2.75, 3.05) is 13.1 Å². The molecule has 0 bridgehead atoms. The lowest BCUT2D eigenvalue weighted by Gasteiger charge is -2.15. The molecule has 0 aliphatic rings. The standard InChI is InChI=1S/C13H16BrClN2O3/c1-3-16-12(18)7-17-13(19)8(2)20-11-5-4-9(15)6-10(11)14/h4-6,8H,3,7H2,1-2H3,(H,16,18)(H,17,19). The van der Waals surface area contributed by atoms with E-state index in [4.69, 9.17) is 16.3 Å². The number of carbonyl (C=O) groups excluding carboxylic acids is 2. The number of rotatable bonds is 6. The highest BCUT2D eigenvalue weighted by molar-refractivity contribution is 9.10. The number of benzene rings is 1. The second-order valence-corrected chi connectivity index (χ2v) is 5.30. The highest BCUT2D eigenvalue weighted by Crippen LogP contribution is 2.28. The average molecular weight is 364 g/mol. The lowest BCUT2D eigenvalue weighted by Crippen LogP contribution is -2.42. The molecule has 0 aliphatic carbocycles. The molecule has 0 spiro atoms. The maximum absolute atomic E-state index is 11.8. The van der Waals surface area contributed by atoms with Gasteiger partial charge in [-0.05, 0) is 48.0 Å². The van der Waals surface area contributed by atoms with Gasteiger partial charge in [-0.15, -0.1) is 0 Å². The predicted molar refractivity (Wildman–Crippen MR) is 80.9 cm³/mol. The van der Waals surface area contributed by atoms with Crippen molar-refractivity contribution in [3.63, 3.8) is 0 Å². The molecule has 0 aromatic heterocycles. The van der Waals surface area contributed by atoms with Gasteiger partial charge in [0.05, 0.1) is 11.0 Å². The minimum absolute atomic E-state index is 0.0673. The Morgan fingerprint density at radius 3 is 2.70 bits per heavy atom. The van der Waals surface area contributed by atoms with E-state index in [1.807, 2.05) is 6.92 Å². The Balaban J connectivity index is 2.51. The smallest absolute Gasteiger partial charge is 0.261 e. The monoisotopic (exact) mass is 362 g/mol. The molecule has 20 heavy (non-hydrogen) atoms. The molecule has 1 rings (SSSR count). The Kier molecular flexibility index (Phi) is 6.81. The van der Waals surface area contributed by atoms with Crippen LogP contribution in [0, 0.1) is 0 Å². The minimum atomic E-state index is -0.720. The normalized spacial score (nSPS) is 11.6. The Bertz CT molecular complexity index is 497. The zero-order chi connectivity index (χ0) is 15.1. The molecule has 5 nitrogen and oxygen atoms in total. The van der Waals surface area contributed by atoms with Gasteiger partial charge in [0, 0.05) is 11.6 Å². The number of carbonyl (C=O) groups is 2. The fraction of sp³-hybridized carbons (Fsp3) is 0.385. The Morgan fingerprint density at radius 1 is 1.40 bits per heavy atom. The zero-order valence-electron chi connectivity index (χ0n) is 11.2. The van der Waals surface area contributed by atoms with Crippen LogP contribution >= 0.6 is 27.5 Å². The third-order valence-corrected chi connectivity index (χ3v) is 3.22. The van der Waals surface area contributed by atoms with Crippen molar-refractivity contribution in [3.8, 4) is 5.75 Å². The second-order valence-electron chi connectivity index (χ2n) is 4.01. The topological polar surface area (TPSA) is 67.4 Å². The van der Waals surface area contributed by atoms with E-state index in [0.29, 0.717) is 21.8 Å². The number of nitrogens with one attached hydrogen (secondary N) is 2. The molecule has 0 fully saturated rings. The van der Waals surface area contributed by atoms with Crippen molar-refractivity contribution in [1.82, 2.24) is 10.6 Å². The molecule has 0 radical (unpaired) electrons. The Hall–Kier alpha value is -1.27. The molecule has 1 atom stereocenters. The molecule has 0 heterocycles. The summed E-state index contributed by atoms with van der Waals surface area (Å²) >= 11 is 9.12. The fourth-order valence-electron chi connectivity index (χ4n) is 1.39. The SMILES string of the molecule is CCNC(=O)CNC(=O)C(C)Oc1ccc(Cl)cc1Br. The van der Waals surface area contributed by atoms with Crippen molar-refractivity contribution in [2.45, 2.75) is 20.0 Å². The highest BCUT2D eigenvalue weighted by atomic mass is 79.9. The van der Waals surface area contributed by atoms with E-state index in [0.717, 1.165) is 0 Å². The first kappa shape index (κ1) is 16.8. The summed E-state index contributed by atoms with van der Waals surface area (Å²) in [7, 11) is 0. The maximum Gasteiger partial charge on any atom is 0.261 e. The van der Waals surface area contributed by atoms with Gasteiger partial charge in [-0.1, -0.05) is 11.6 Å². The number of amides is 2. The number of halogens is 2. The van der Waals surface area contributed by atoms with Crippen molar-refractivity contribution >= 4 is 39.3 Å². The molecule has 1 aromatic carbocycles. The van der Waals surface area contributed by atoms with Crippen molar-refractivity contribution in [2.24, 2.45) is 0 Å². The number of ether oxygens (including phenoxy) is 1. The van der Waals surface area contributed by atoms with E-state index in [1.165, 1.54) is 0 Å². The maximum atomic E-state index is 11.8.